The van der Waals surface area contributed by atoms with E-state index in [1.165, 1.54) is 22.5 Å². The normalized spacial score (nSPS) is 10.6. The minimum atomic E-state index is 0. The lowest BCUT2D eigenvalue weighted by Gasteiger charge is -2.15. The van der Waals surface area contributed by atoms with E-state index in [9.17, 15) is 0 Å². The number of para-hydroxylation sites is 1. The van der Waals surface area contributed by atoms with Crippen LogP contribution in [0.15, 0.2) is 95.3 Å². The zero-order chi connectivity index (χ0) is 22.2. The van der Waals surface area contributed by atoms with Crippen molar-refractivity contribution in [1.29, 1.82) is 0 Å². The Morgan fingerprint density at radius 3 is 2.06 bits per heavy atom. The lowest BCUT2D eigenvalue weighted by molar-refractivity contribution is -0.654. The Hall–Kier alpha value is -3.23. The number of anilines is 2. The fourth-order valence-corrected chi connectivity index (χ4v) is 3.97. The Morgan fingerprint density at radius 1 is 0.818 bits per heavy atom. The molecule has 0 saturated heterocycles. The first-order chi connectivity index (χ1) is 15.7. The van der Waals surface area contributed by atoms with Crippen LogP contribution in [-0.2, 0) is 20.1 Å². The first-order valence-corrected chi connectivity index (χ1v) is 11.2. The number of nitrogens with one attached hydrogen (secondary N) is 2. The van der Waals surface area contributed by atoms with Crippen LogP contribution in [0.3, 0.4) is 0 Å². The van der Waals surface area contributed by atoms with E-state index < -0.39 is 0 Å². The van der Waals surface area contributed by atoms with Gasteiger partial charge in [-0.25, -0.2) is 4.57 Å². The van der Waals surface area contributed by atoms with Gasteiger partial charge in [-0.1, -0.05) is 66.7 Å². The zero-order valence-electron chi connectivity index (χ0n) is 18.5. The van der Waals surface area contributed by atoms with Crippen molar-refractivity contribution in [2.45, 2.75) is 13.1 Å². The number of benzene rings is 3. The topological polar surface area (TPSA) is 61.9 Å². The molecule has 0 atom stereocenters. The quantitative estimate of drug-likeness (QED) is 0.261. The molecule has 0 aliphatic carbocycles. The summed E-state index contributed by atoms with van der Waals surface area (Å²) in [6.07, 6.45) is 1.89. The van der Waals surface area contributed by atoms with Gasteiger partial charge in [0.25, 0.3) is 0 Å². The standard InChI is InChI=1S/C25H25N5OS.BrH/c1-30-18-23(31-2)32-25(30)29-28-22-15-9-14-21(26-16-19-10-5-3-6-11-19)24(22)27-17-20-12-7-4-8-13-20;/h3-15,18H,16-17H2,1-2H3,(H,26,28);1H. The van der Waals surface area contributed by atoms with Crippen molar-refractivity contribution in [3.63, 3.8) is 0 Å². The van der Waals surface area contributed by atoms with Gasteiger partial charge in [-0.2, -0.15) is 0 Å². The molecule has 6 nitrogen and oxygen atoms in total. The molecule has 1 heterocycles. The van der Waals surface area contributed by atoms with E-state index in [1.807, 2.05) is 66.3 Å². The number of rotatable bonds is 9. The highest BCUT2D eigenvalue weighted by atomic mass is 79.9. The molecule has 1 aromatic heterocycles. The minimum absolute atomic E-state index is 0. The van der Waals surface area contributed by atoms with E-state index in [0.29, 0.717) is 6.54 Å². The molecule has 0 radical (unpaired) electrons. The molecule has 0 unspecified atom stereocenters. The van der Waals surface area contributed by atoms with Crippen molar-refractivity contribution in [1.82, 2.24) is 0 Å². The minimum Gasteiger partial charge on any atom is -1.00 e. The number of aryl methyl sites for hydroxylation is 1. The van der Waals surface area contributed by atoms with Crippen molar-refractivity contribution in [2.24, 2.45) is 17.3 Å². The van der Waals surface area contributed by atoms with E-state index in [4.69, 9.17) is 4.74 Å². The summed E-state index contributed by atoms with van der Waals surface area (Å²) >= 11 is 1.45. The Kier molecular flexibility index (Phi) is 8.97. The second-order valence-electron chi connectivity index (χ2n) is 7.23. The molecule has 0 aliphatic rings. The summed E-state index contributed by atoms with van der Waals surface area (Å²) in [7, 11) is 3.58. The summed E-state index contributed by atoms with van der Waals surface area (Å²) in [6.45, 7) is 1.41. The van der Waals surface area contributed by atoms with Crippen LogP contribution in [0, 0.1) is 0 Å². The third kappa shape index (κ3) is 6.63. The second kappa shape index (κ2) is 12.1. The maximum Gasteiger partial charge on any atom is 0.411 e. The summed E-state index contributed by atoms with van der Waals surface area (Å²) in [6, 6.07) is 26.7. The number of ether oxygens (including phenoxy) is 1. The van der Waals surface area contributed by atoms with Gasteiger partial charge < -0.3 is 32.4 Å². The molecular formula is C25H26BrN5OS. The molecule has 2 N–H and O–H groups in total. The van der Waals surface area contributed by atoms with Gasteiger partial charge >= 0.3 is 5.13 Å². The zero-order valence-corrected chi connectivity index (χ0v) is 20.9. The highest BCUT2D eigenvalue weighted by Gasteiger charge is 2.15. The van der Waals surface area contributed by atoms with Crippen molar-refractivity contribution in [3.05, 3.63) is 96.2 Å². The molecule has 0 saturated carbocycles. The predicted octanol–water partition coefficient (Wildman–Crippen LogP) is 3.22. The average Bonchev–Trinajstić information content (AvgIpc) is 3.21. The van der Waals surface area contributed by atoms with Gasteiger partial charge in [0, 0.05) is 13.1 Å². The number of halogens is 1. The molecule has 3 aromatic carbocycles. The Labute approximate surface area is 208 Å². The van der Waals surface area contributed by atoms with Crippen LogP contribution in [0.2, 0.25) is 0 Å². The van der Waals surface area contributed by atoms with Gasteiger partial charge in [0.05, 0.1) is 30.6 Å². The summed E-state index contributed by atoms with van der Waals surface area (Å²) < 4.78 is 7.21. The molecular weight excluding hydrogens is 498 g/mol. The Morgan fingerprint density at radius 2 is 1.45 bits per heavy atom. The fourth-order valence-electron chi connectivity index (χ4n) is 3.22. The van der Waals surface area contributed by atoms with E-state index in [1.54, 1.807) is 7.11 Å². The predicted molar refractivity (Wildman–Crippen MR) is 130 cm³/mol. The third-order valence-electron chi connectivity index (χ3n) is 4.92. The van der Waals surface area contributed by atoms with Crippen LogP contribution >= 0.6 is 11.3 Å². The fraction of sp³-hybridized carbons (Fsp3) is 0.160. The molecule has 33 heavy (non-hydrogen) atoms. The van der Waals surface area contributed by atoms with Crippen molar-refractivity contribution < 1.29 is 26.3 Å². The molecule has 8 heteroatoms. The van der Waals surface area contributed by atoms with Gasteiger partial charge in [0.1, 0.15) is 11.9 Å². The van der Waals surface area contributed by atoms with Crippen LogP contribution in [0.5, 0.6) is 5.06 Å². The van der Waals surface area contributed by atoms with Gasteiger partial charge in [0.2, 0.25) is 5.06 Å². The monoisotopic (exact) mass is 523 g/mol. The molecule has 4 rings (SSSR count). The smallest absolute Gasteiger partial charge is 0.411 e. The van der Waals surface area contributed by atoms with Crippen molar-refractivity contribution >= 4 is 33.5 Å². The van der Waals surface area contributed by atoms with Gasteiger partial charge in [0.15, 0.2) is 0 Å². The van der Waals surface area contributed by atoms with E-state index in [-0.39, 0.29) is 17.0 Å². The number of thiazole rings is 1. The molecule has 0 amide bonds. The van der Waals surface area contributed by atoms with E-state index in [2.05, 4.69) is 51.2 Å². The number of nitrogens with zero attached hydrogens (tertiary/aromatic N) is 3. The Bertz CT molecular complexity index is 1180. The van der Waals surface area contributed by atoms with Gasteiger partial charge in [-0.15, -0.1) is 0 Å². The maximum absolute atomic E-state index is 5.31. The van der Waals surface area contributed by atoms with E-state index in [0.717, 1.165) is 33.8 Å². The molecule has 0 aliphatic heterocycles. The molecule has 0 spiro atoms. The first kappa shape index (κ1) is 24.4. The number of hydrogen-bond acceptors (Lipinski definition) is 6. The lowest BCUT2D eigenvalue weighted by atomic mass is 10.1. The van der Waals surface area contributed by atoms with Gasteiger partial charge in [-0.3, -0.25) is 0 Å². The molecule has 170 valence electrons. The highest BCUT2D eigenvalue weighted by Crippen LogP contribution is 2.35. The summed E-state index contributed by atoms with van der Waals surface area (Å²) in [5.41, 5.74) is 5.08. The number of aromatic nitrogens is 1. The summed E-state index contributed by atoms with van der Waals surface area (Å²) in [4.78, 5) is 0. The van der Waals surface area contributed by atoms with E-state index >= 15 is 0 Å². The van der Waals surface area contributed by atoms with Crippen molar-refractivity contribution in [2.75, 3.05) is 17.7 Å². The van der Waals surface area contributed by atoms with Crippen LogP contribution in [0.25, 0.3) is 0 Å². The van der Waals surface area contributed by atoms with Gasteiger partial charge in [-0.05, 0) is 39.7 Å². The van der Waals surface area contributed by atoms with Crippen LogP contribution < -0.4 is 36.9 Å². The van der Waals surface area contributed by atoms with Crippen molar-refractivity contribution in [3.8, 4) is 5.06 Å². The maximum atomic E-state index is 5.31. The molecule has 4 aromatic rings. The third-order valence-corrected chi connectivity index (χ3v) is 5.94. The highest BCUT2D eigenvalue weighted by molar-refractivity contribution is 7.16. The summed E-state index contributed by atoms with van der Waals surface area (Å²) in [5, 5.41) is 17.7. The lowest BCUT2D eigenvalue weighted by Crippen LogP contribution is -3.00. The number of methoxy groups -OCH3 is 1. The first-order valence-electron chi connectivity index (χ1n) is 10.4. The second-order valence-corrected chi connectivity index (χ2v) is 8.20. The largest absolute Gasteiger partial charge is 1.00 e. The van der Waals surface area contributed by atoms with Crippen LogP contribution in [-0.4, -0.2) is 7.11 Å². The van der Waals surface area contributed by atoms with Crippen LogP contribution in [0.4, 0.5) is 22.2 Å². The van der Waals surface area contributed by atoms with Crippen LogP contribution in [0.1, 0.15) is 11.1 Å². The Balaban J connectivity index is 0.00000306. The summed E-state index contributed by atoms with van der Waals surface area (Å²) in [5.74, 6) is 0. The SMILES string of the molecule is COc1c[n+](C)c(N=Nc2cccc(NCc3ccccc3)c2NCc2ccccc2)s1.[Br-]. The molecule has 0 bridgehead atoms. The average molecular weight is 524 g/mol. The number of hydrogen-bond donors (Lipinski definition) is 2. The number of azo groups is 1. The molecule has 0 fully saturated rings.